The van der Waals surface area contributed by atoms with Crippen LogP contribution in [0.2, 0.25) is 6.32 Å². The van der Waals surface area contributed by atoms with Gasteiger partial charge in [-0.1, -0.05) is 83.7 Å². The second-order valence-corrected chi connectivity index (χ2v) is 13.7. The predicted octanol–water partition coefficient (Wildman–Crippen LogP) is 6.80. The Morgan fingerprint density at radius 1 is 0.880 bits per heavy atom. The average Bonchev–Trinajstić information content (AvgIpc) is 3.31. The van der Waals surface area contributed by atoms with Crippen LogP contribution >= 0.6 is 0 Å². The van der Waals surface area contributed by atoms with Crippen LogP contribution in [0.1, 0.15) is 119 Å². The van der Waals surface area contributed by atoms with Crippen LogP contribution in [0.5, 0.6) is 0 Å². The van der Waals surface area contributed by atoms with Crippen molar-refractivity contribution in [1.82, 2.24) is 15.5 Å². The highest BCUT2D eigenvalue weighted by atomic mass is 16.7. The van der Waals surface area contributed by atoms with Gasteiger partial charge < -0.3 is 34.2 Å². The van der Waals surface area contributed by atoms with Crippen molar-refractivity contribution in [2.75, 3.05) is 26.3 Å². The number of esters is 1. The third-order valence-corrected chi connectivity index (χ3v) is 9.41. The SMILES string of the molecule is CC.CCCCOC(=O)NCC(=O)NC1CCN(C(=O)OCCCC)[C@@](CCCCB2OC(C)(C)C(C)(C)O2)(C(=O)OCc2ccccc2)C1. The van der Waals surface area contributed by atoms with E-state index in [1.54, 1.807) is 0 Å². The van der Waals surface area contributed by atoms with Gasteiger partial charge >= 0.3 is 25.3 Å². The number of alkyl carbamates (subject to hydrolysis) is 1. The third-order valence-electron chi connectivity index (χ3n) is 9.41. The first-order valence-electron chi connectivity index (χ1n) is 18.5. The van der Waals surface area contributed by atoms with Crippen molar-refractivity contribution < 1.29 is 42.7 Å². The molecule has 0 saturated carbocycles. The number of nitrogens with one attached hydrogen (secondary N) is 2. The van der Waals surface area contributed by atoms with Crippen molar-refractivity contribution in [3.63, 3.8) is 0 Å². The third kappa shape index (κ3) is 12.8. The summed E-state index contributed by atoms with van der Waals surface area (Å²) in [5.41, 5.74) is -1.47. The van der Waals surface area contributed by atoms with E-state index in [0.29, 0.717) is 32.0 Å². The van der Waals surface area contributed by atoms with Gasteiger partial charge in [-0.25, -0.2) is 14.4 Å². The minimum atomic E-state index is -1.39. The molecule has 1 aromatic rings. The molecular formula is C37H62BN3O9. The van der Waals surface area contributed by atoms with E-state index in [4.69, 9.17) is 23.5 Å². The number of ether oxygens (including phenoxy) is 3. The first-order valence-corrected chi connectivity index (χ1v) is 18.5. The van der Waals surface area contributed by atoms with Crippen LogP contribution in [0.25, 0.3) is 0 Å². The molecule has 2 atom stereocenters. The maximum Gasteiger partial charge on any atom is 0.457 e. The molecule has 3 rings (SSSR count). The minimum absolute atomic E-state index is 0.0369. The maximum atomic E-state index is 14.2. The van der Waals surface area contributed by atoms with Crippen molar-refractivity contribution in [2.45, 2.75) is 149 Å². The largest absolute Gasteiger partial charge is 0.459 e. The normalized spacial score (nSPS) is 20.6. The number of piperidine rings is 1. The molecule has 13 heteroatoms. The summed E-state index contributed by atoms with van der Waals surface area (Å²) in [5, 5.41) is 5.43. The van der Waals surface area contributed by atoms with Crippen LogP contribution in [0.4, 0.5) is 9.59 Å². The topological polar surface area (TPSA) is 142 Å². The number of carbonyl (C=O) groups is 4. The molecule has 3 amide bonds. The number of hydrogen-bond donors (Lipinski definition) is 2. The summed E-state index contributed by atoms with van der Waals surface area (Å²) < 4.78 is 29.0. The summed E-state index contributed by atoms with van der Waals surface area (Å²) in [5.74, 6) is -0.968. The molecule has 282 valence electrons. The predicted molar refractivity (Wildman–Crippen MR) is 193 cm³/mol. The van der Waals surface area contributed by atoms with Gasteiger partial charge in [0.25, 0.3) is 0 Å². The fourth-order valence-electron chi connectivity index (χ4n) is 5.88. The van der Waals surface area contributed by atoms with E-state index in [2.05, 4.69) is 10.6 Å². The lowest BCUT2D eigenvalue weighted by Gasteiger charge is -2.47. The van der Waals surface area contributed by atoms with Gasteiger partial charge in [0.2, 0.25) is 5.91 Å². The number of amides is 3. The molecule has 2 heterocycles. The van der Waals surface area contributed by atoms with E-state index in [9.17, 15) is 19.2 Å². The zero-order valence-corrected chi connectivity index (χ0v) is 31.8. The molecule has 50 heavy (non-hydrogen) atoms. The lowest BCUT2D eigenvalue weighted by Crippen LogP contribution is -2.64. The highest BCUT2D eigenvalue weighted by Gasteiger charge is 2.53. The summed E-state index contributed by atoms with van der Waals surface area (Å²) in [6.07, 6.45) is 4.60. The second kappa shape index (κ2) is 21.1. The fourth-order valence-corrected chi connectivity index (χ4v) is 5.88. The quantitative estimate of drug-likeness (QED) is 0.0776. The zero-order chi connectivity index (χ0) is 37.2. The maximum absolute atomic E-state index is 14.2. The number of nitrogens with zero attached hydrogens (tertiary/aromatic N) is 1. The molecule has 2 fully saturated rings. The van der Waals surface area contributed by atoms with Gasteiger partial charge in [-0.05, 0) is 65.3 Å². The Morgan fingerprint density at radius 2 is 1.50 bits per heavy atom. The molecule has 2 aliphatic heterocycles. The number of carbonyl (C=O) groups excluding carboxylic acids is 4. The number of rotatable bonds is 17. The van der Waals surface area contributed by atoms with E-state index in [-0.39, 0.29) is 52.9 Å². The Balaban J connectivity index is 0.00000425. The molecule has 0 spiro atoms. The number of benzene rings is 1. The van der Waals surface area contributed by atoms with Gasteiger partial charge in [0.15, 0.2) is 0 Å². The van der Waals surface area contributed by atoms with Gasteiger partial charge in [0, 0.05) is 19.0 Å². The van der Waals surface area contributed by atoms with Crippen LogP contribution in [0, 0.1) is 0 Å². The summed E-state index contributed by atoms with van der Waals surface area (Å²) in [7, 11) is -0.384. The van der Waals surface area contributed by atoms with Crippen LogP contribution in [0.15, 0.2) is 30.3 Å². The van der Waals surface area contributed by atoms with Crippen LogP contribution in [-0.4, -0.2) is 85.2 Å². The zero-order valence-electron chi connectivity index (χ0n) is 31.8. The summed E-state index contributed by atoms with van der Waals surface area (Å²) in [6.45, 7) is 16.5. The van der Waals surface area contributed by atoms with Gasteiger partial charge in [-0.2, -0.15) is 0 Å². The van der Waals surface area contributed by atoms with E-state index < -0.39 is 46.8 Å². The van der Waals surface area contributed by atoms with E-state index in [1.807, 2.05) is 85.7 Å². The van der Waals surface area contributed by atoms with Gasteiger partial charge in [-0.15, -0.1) is 0 Å². The smallest absolute Gasteiger partial charge is 0.457 e. The Kier molecular flexibility index (Phi) is 18.1. The van der Waals surface area contributed by atoms with E-state index in [1.165, 1.54) is 4.90 Å². The standard InChI is InChI=1S/C35H56BN3O9.C2H6/c1-7-9-22-44-31(42)37-25-29(40)38-28-18-21-39(32(43)45-23-10-8-2)35(24-28,30(41)46-26-27-16-12-11-13-17-27)19-14-15-20-36-47-33(3,4)34(5,6)48-36;1-2/h11-13,16-17,28H,7-10,14-15,18-26H2,1-6H3,(H,37,42)(H,38,40);1-2H3/t28?,35-;/m1./s1. The second-order valence-electron chi connectivity index (χ2n) is 13.7. The lowest BCUT2D eigenvalue weighted by molar-refractivity contribution is -0.163. The lowest BCUT2D eigenvalue weighted by atomic mass is 9.77. The Bertz CT molecular complexity index is 1180. The number of likely N-dealkylation sites (tertiary alicyclic amines) is 1. The van der Waals surface area contributed by atoms with E-state index >= 15 is 0 Å². The molecule has 2 saturated heterocycles. The van der Waals surface area contributed by atoms with Gasteiger partial charge in [-0.3, -0.25) is 9.69 Å². The monoisotopic (exact) mass is 703 g/mol. The molecule has 1 unspecified atom stereocenters. The Morgan fingerprint density at radius 3 is 2.12 bits per heavy atom. The van der Waals surface area contributed by atoms with Crippen LogP contribution < -0.4 is 10.6 Å². The van der Waals surface area contributed by atoms with E-state index in [0.717, 1.165) is 24.8 Å². The first-order chi connectivity index (χ1) is 23.8. The van der Waals surface area contributed by atoms with Crippen LogP contribution in [0.3, 0.4) is 0 Å². The highest BCUT2D eigenvalue weighted by Crippen LogP contribution is 2.39. The highest BCUT2D eigenvalue weighted by molar-refractivity contribution is 6.45. The molecule has 0 radical (unpaired) electrons. The summed E-state index contributed by atoms with van der Waals surface area (Å²) in [4.78, 5) is 54.2. The molecule has 2 aliphatic rings. The molecule has 0 aliphatic carbocycles. The molecule has 12 nitrogen and oxygen atoms in total. The molecule has 0 bridgehead atoms. The van der Waals surface area contributed by atoms with Crippen molar-refractivity contribution >= 4 is 31.2 Å². The fraction of sp³-hybridized carbons (Fsp3) is 0.730. The summed E-state index contributed by atoms with van der Waals surface area (Å²) >= 11 is 0. The Labute approximate surface area is 300 Å². The van der Waals surface area contributed by atoms with Crippen LogP contribution in [-0.2, 0) is 39.7 Å². The van der Waals surface area contributed by atoms with Crippen molar-refractivity contribution in [3.05, 3.63) is 35.9 Å². The average molecular weight is 704 g/mol. The molecule has 1 aromatic carbocycles. The van der Waals surface area contributed by atoms with Crippen molar-refractivity contribution in [3.8, 4) is 0 Å². The van der Waals surface area contributed by atoms with Gasteiger partial charge in [0.1, 0.15) is 18.7 Å². The first kappa shape index (κ1) is 42.9. The number of hydrogen-bond acceptors (Lipinski definition) is 9. The minimum Gasteiger partial charge on any atom is -0.459 e. The molecular weight excluding hydrogens is 641 g/mol. The molecule has 2 N–H and O–H groups in total. The van der Waals surface area contributed by atoms with Crippen molar-refractivity contribution in [2.24, 2.45) is 0 Å². The molecule has 0 aromatic heterocycles. The summed E-state index contributed by atoms with van der Waals surface area (Å²) in [6, 6.07) is 8.89. The Hall–Kier alpha value is -3.32. The van der Waals surface area contributed by atoms with Gasteiger partial charge in [0.05, 0.1) is 24.4 Å². The van der Waals surface area contributed by atoms with Crippen molar-refractivity contribution in [1.29, 1.82) is 0 Å². The number of unbranched alkanes of at least 4 members (excludes halogenated alkanes) is 3.